The van der Waals surface area contributed by atoms with Crippen LogP contribution in [0.4, 0.5) is 0 Å². The minimum absolute atomic E-state index is 0.109. The highest BCUT2D eigenvalue weighted by Crippen LogP contribution is 2.26. The van der Waals surface area contributed by atoms with Crippen LogP contribution in [-0.4, -0.2) is 50.5 Å². The highest BCUT2D eigenvalue weighted by Gasteiger charge is 2.27. The van der Waals surface area contributed by atoms with Crippen LogP contribution in [0.1, 0.15) is 35.7 Å². The Morgan fingerprint density at radius 2 is 1.94 bits per heavy atom. The highest BCUT2D eigenvalue weighted by molar-refractivity contribution is 7.89. The van der Waals surface area contributed by atoms with Crippen molar-refractivity contribution >= 4 is 15.9 Å². The van der Waals surface area contributed by atoms with Gasteiger partial charge in [0, 0.05) is 32.9 Å². The Bertz CT molecular complexity index is 1100. The number of hydrogen-bond acceptors (Lipinski definition) is 5. The quantitative estimate of drug-likeness (QED) is 0.698. The number of hydrogen-bond donors (Lipinski definition) is 1. The summed E-state index contributed by atoms with van der Waals surface area (Å²) >= 11 is 0. The number of nitrogens with one attached hydrogen (secondary N) is 1. The molecule has 8 nitrogen and oxygen atoms in total. The van der Waals surface area contributed by atoms with E-state index >= 15 is 0 Å². The summed E-state index contributed by atoms with van der Waals surface area (Å²) in [6, 6.07) is 8.39. The number of aromatic nitrogens is 1. The number of ether oxygens (including phenoxy) is 1. The third kappa shape index (κ3) is 5.16. The lowest BCUT2D eigenvalue weighted by Gasteiger charge is -2.32. The van der Waals surface area contributed by atoms with Gasteiger partial charge in [-0.15, -0.1) is 0 Å². The van der Waals surface area contributed by atoms with Crippen molar-refractivity contribution in [1.82, 2.24) is 14.2 Å². The number of nitrogens with zero attached hydrogens (tertiary/aromatic N) is 2. The number of piperidine rings is 1. The first-order valence-electron chi connectivity index (χ1n) is 10.4. The average molecular weight is 448 g/mol. The molecule has 1 amide bonds. The van der Waals surface area contributed by atoms with Crippen molar-refractivity contribution in [3.05, 3.63) is 58.0 Å². The van der Waals surface area contributed by atoms with Crippen LogP contribution in [0.25, 0.3) is 0 Å². The summed E-state index contributed by atoms with van der Waals surface area (Å²) in [6.07, 6.45) is 3.66. The van der Waals surface area contributed by atoms with Gasteiger partial charge in [-0.2, -0.15) is 0 Å². The molecule has 0 atom stereocenters. The van der Waals surface area contributed by atoms with Gasteiger partial charge in [-0.1, -0.05) is 13.0 Å². The summed E-state index contributed by atoms with van der Waals surface area (Å²) in [7, 11) is -0.653. The summed E-state index contributed by atoms with van der Waals surface area (Å²) in [5.74, 6) is 0.147. The van der Waals surface area contributed by atoms with Crippen LogP contribution in [0.2, 0.25) is 0 Å². The van der Waals surface area contributed by atoms with Gasteiger partial charge in [0.15, 0.2) is 0 Å². The van der Waals surface area contributed by atoms with Gasteiger partial charge in [0.1, 0.15) is 16.2 Å². The zero-order chi connectivity index (χ0) is 22.6. The first kappa shape index (κ1) is 23.0. The number of carbonyl (C=O) groups is 1. The van der Waals surface area contributed by atoms with Gasteiger partial charge < -0.3 is 14.2 Å². The molecule has 0 radical (unpaired) electrons. The maximum Gasteiger partial charge on any atom is 0.263 e. The van der Waals surface area contributed by atoms with Gasteiger partial charge in [0.25, 0.3) is 11.5 Å². The molecule has 1 N–H and O–H groups in total. The maximum absolute atomic E-state index is 12.9. The zero-order valence-corrected chi connectivity index (χ0v) is 18.9. The van der Waals surface area contributed by atoms with Gasteiger partial charge in [0.2, 0.25) is 10.0 Å². The first-order valence-corrected chi connectivity index (χ1v) is 11.9. The lowest BCUT2D eigenvalue weighted by atomic mass is 9.97. The molecule has 2 heterocycles. The van der Waals surface area contributed by atoms with Crippen molar-refractivity contribution in [2.24, 2.45) is 13.0 Å². The molecule has 0 saturated carbocycles. The number of likely N-dealkylation sites (tertiary alicyclic amines) is 1. The number of pyridine rings is 1. The van der Waals surface area contributed by atoms with Crippen LogP contribution >= 0.6 is 0 Å². The van der Waals surface area contributed by atoms with E-state index in [2.05, 4.69) is 4.72 Å². The molecule has 1 fully saturated rings. The zero-order valence-electron chi connectivity index (χ0n) is 18.1. The van der Waals surface area contributed by atoms with Crippen molar-refractivity contribution < 1.29 is 17.9 Å². The van der Waals surface area contributed by atoms with Gasteiger partial charge in [0.05, 0.1) is 7.11 Å². The fourth-order valence-electron chi connectivity index (χ4n) is 3.73. The van der Waals surface area contributed by atoms with Crippen LogP contribution in [0.3, 0.4) is 0 Å². The van der Waals surface area contributed by atoms with E-state index in [9.17, 15) is 18.0 Å². The third-order valence-corrected chi connectivity index (χ3v) is 7.19. The van der Waals surface area contributed by atoms with Crippen molar-refractivity contribution in [3.8, 4) is 5.75 Å². The molecule has 0 bridgehead atoms. The topological polar surface area (TPSA) is 97.7 Å². The average Bonchev–Trinajstić information content (AvgIpc) is 2.79. The van der Waals surface area contributed by atoms with E-state index in [1.54, 1.807) is 42.4 Å². The summed E-state index contributed by atoms with van der Waals surface area (Å²) < 4.78 is 35.0. The van der Waals surface area contributed by atoms with E-state index < -0.39 is 10.0 Å². The second kappa shape index (κ2) is 9.65. The predicted molar refractivity (Wildman–Crippen MR) is 118 cm³/mol. The molecule has 168 valence electrons. The molecule has 1 aromatic heterocycles. The predicted octanol–water partition coefficient (Wildman–Crippen LogP) is 1.79. The molecule has 2 aromatic rings. The van der Waals surface area contributed by atoms with Crippen LogP contribution < -0.4 is 15.0 Å². The molecule has 1 saturated heterocycles. The van der Waals surface area contributed by atoms with E-state index in [-0.39, 0.29) is 34.4 Å². The smallest absolute Gasteiger partial charge is 0.263 e. The molecule has 31 heavy (non-hydrogen) atoms. The molecule has 9 heteroatoms. The van der Waals surface area contributed by atoms with Crippen LogP contribution in [-0.2, 0) is 23.5 Å². The second-order valence-corrected chi connectivity index (χ2v) is 9.50. The van der Waals surface area contributed by atoms with E-state index in [0.717, 1.165) is 12.0 Å². The normalized spacial score (nSPS) is 15.1. The molecule has 0 spiro atoms. The number of benzene rings is 1. The molecule has 1 aromatic carbocycles. The second-order valence-electron chi connectivity index (χ2n) is 7.76. The molecule has 1 aliphatic rings. The van der Waals surface area contributed by atoms with Crippen LogP contribution in [0.15, 0.2) is 46.2 Å². The Hall–Kier alpha value is -2.65. The first-order chi connectivity index (χ1) is 14.8. The number of methoxy groups -OCH3 is 1. The Labute approximate surface area is 182 Å². The fourth-order valence-corrected chi connectivity index (χ4v) is 5.06. The number of amides is 1. The molecular weight excluding hydrogens is 418 g/mol. The lowest BCUT2D eigenvalue weighted by Crippen LogP contribution is -2.43. The van der Waals surface area contributed by atoms with E-state index in [0.29, 0.717) is 31.7 Å². The third-order valence-electron chi connectivity index (χ3n) is 5.74. The number of sulfonamides is 1. The molecule has 1 aliphatic heterocycles. The molecule has 0 aliphatic carbocycles. The molecule has 0 unspecified atom stereocenters. The summed E-state index contributed by atoms with van der Waals surface area (Å²) in [4.78, 5) is 26.7. The monoisotopic (exact) mass is 447 g/mol. The summed E-state index contributed by atoms with van der Waals surface area (Å²) in [5.41, 5.74) is 0.762. The largest absolute Gasteiger partial charge is 0.495 e. The standard InChI is InChI=1S/C22H29N3O5S/c1-4-16-7-8-19(30-3)20(14-16)31(28,29)23-15-17-9-12-25(13-10-17)22(27)18-6-5-11-24(2)21(18)26/h5-8,11,14,17,23H,4,9-10,12-13,15H2,1-3H3. The molecular formula is C22H29N3O5S. The van der Waals surface area contributed by atoms with Crippen molar-refractivity contribution in [2.75, 3.05) is 26.7 Å². The Balaban J connectivity index is 1.61. The van der Waals surface area contributed by atoms with Crippen LogP contribution in [0.5, 0.6) is 5.75 Å². The van der Waals surface area contributed by atoms with Gasteiger partial charge in [-0.25, -0.2) is 13.1 Å². The van der Waals surface area contributed by atoms with E-state index in [1.165, 1.54) is 11.7 Å². The van der Waals surface area contributed by atoms with Gasteiger partial charge in [-0.3, -0.25) is 9.59 Å². The fraction of sp³-hybridized carbons (Fsp3) is 0.455. The number of carbonyl (C=O) groups excluding carboxylic acids is 1. The van der Waals surface area contributed by atoms with Crippen molar-refractivity contribution in [3.63, 3.8) is 0 Å². The van der Waals surface area contributed by atoms with E-state index in [4.69, 9.17) is 4.74 Å². The van der Waals surface area contributed by atoms with Gasteiger partial charge in [-0.05, 0) is 55.0 Å². The molecule has 3 rings (SSSR count). The van der Waals surface area contributed by atoms with E-state index in [1.807, 2.05) is 13.0 Å². The highest BCUT2D eigenvalue weighted by atomic mass is 32.2. The maximum atomic E-state index is 12.9. The van der Waals surface area contributed by atoms with Crippen molar-refractivity contribution in [2.45, 2.75) is 31.1 Å². The number of rotatable bonds is 7. The van der Waals surface area contributed by atoms with Crippen molar-refractivity contribution in [1.29, 1.82) is 0 Å². The summed E-state index contributed by atoms with van der Waals surface area (Å²) in [6.45, 7) is 3.22. The SMILES string of the molecule is CCc1ccc(OC)c(S(=O)(=O)NCC2CCN(C(=O)c3cccn(C)c3=O)CC2)c1. The lowest BCUT2D eigenvalue weighted by molar-refractivity contribution is 0.0689. The Kier molecular flexibility index (Phi) is 7.17. The minimum atomic E-state index is -3.72. The Morgan fingerprint density at radius 3 is 2.58 bits per heavy atom. The summed E-state index contributed by atoms with van der Waals surface area (Å²) in [5, 5.41) is 0. The Morgan fingerprint density at radius 1 is 1.23 bits per heavy atom. The minimum Gasteiger partial charge on any atom is -0.495 e. The van der Waals surface area contributed by atoms with Gasteiger partial charge >= 0.3 is 0 Å². The van der Waals surface area contributed by atoms with Crippen LogP contribution in [0, 0.1) is 5.92 Å². The number of aryl methyl sites for hydroxylation is 2.